The van der Waals surface area contributed by atoms with E-state index in [1.165, 1.54) is 0 Å². The first-order valence-electron chi connectivity index (χ1n) is 6.83. The lowest BCUT2D eigenvalue weighted by Gasteiger charge is -2.30. The van der Waals surface area contributed by atoms with Gasteiger partial charge in [0.2, 0.25) is 0 Å². The quantitative estimate of drug-likeness (QED) is 0.931. The molecule has 2 unspecified atom stereocenters. The van der Waals surface area contributed by atoms with E-state index in [9.17, 15) is 5.11 Å². The van der Waals surface area contributed by atoms with Crippen LogP contribution in [0.1, 0.15) is 43.2 Å². The van der Waals surface area contributed by atoms with E-state index >= 15 is 0 Å². The number of aryl methyl sites for hydroxylation is 1. The van der Waals surface area contributed by atoms with Crippen LogP contribution in [-0.2, 0) is 6.54 Å². The van der Waals surface area contributed by atoms with Crippen LogP contribution >= 0.6 is 15.9 Å². The second-order valence-corrected chi connectivity index (χ2v) is 5.97. The van der Waals surface area contributed by atoms with Gasteiger partial charge in [-0.05, 0) is 18.6 Å². The molecule has 1 aliphatic heterocycles. The zero-order valence-corrected chi connectivity index (χ0v) is 12.9. The Labute approximate surface area is 126 Å². The Morgan fingerprint density at radius 2 is 2.35 bits per heavy atom. The minimum atomic E-state index is -0.498. The van der Waals surface area contributed by atoms with Crippen LogP contribution in [0.4, 0.5) is 0 Å². The van der Waals surface area contributed by atoms with Gasteiger partial charge >= 0.3 is 0 Å². The molecule has 2 heterocycles. The fourth-order valence-corrected chi connectivity index (χ4v) is 2.96. The first kappa shape index (κ1) is 13.6. The van der Waals surface area contributed by atoms with Crippen molar-refractivity contribution in [1.82, 2.24) is 9.55 Å². The molecule has 1 aromatic carbocycles. The standard InChI is InChI=1S/C15H17BrN2O2/c1-2-5-18-9-17-8-12(18)15-7-13(19)11-4-3-10(16)6-14(11)20-15/h3-4,6,8-9,13,15,19H,2,5,7H2,1H3. The van der Waals surface area contributed by atoms with E-state index in [1.54, 1.807) is 0 Å². The molecule has 2 atom stereocenters. The van der Waals surface area contributed by atoms with E-state index in [4.69, 9.17) is 4.74 Å². The summed E-state index contributed by atoms with van der Waals surface area (Å²) in [5, 5.41) is 10.3. The van der Waals surface area contributed by atoms with Crippen molar-refractivity contribution in [2.45, 2.75) is 38.5 Å². The van der Waals surface area contributed by atoms with Crippen LogP contribution in [0.3, 0.4) is 0 Å². The van der Waals surface area contributed by atoms with Gasteiger partial charge in [-0.25, -0.2) is 4.98 Å². The van der Waals surface area contributed by atoms with Crippen LogP contribution in [0.2, 0.25) is 0 Å². The maximum Gasteiger partial charge on any atom is 0.143 e. The van der Waals surface area contributed by atoms with Crippen molar-refractivity contribution in [2.24, 2.45) is 0 Å². The van der Waals surface area contributed by atoms with E-state index in [1.807, 2.05) is 30.7 Å². The number of aliphatic hydroxyl groups excluding tert-OH is 1. The number of halogens is 1. The number of aromatic nitrogens is 2. The molecule has 0 saturated carbocycles. The topological polar surface area (TPSA) is 47.3 Å². The fraction of sp³-hybridized carbons (Fsp3) is 0.400. The Hall–Kier alpha value is -1.33. The van der Waals surface area contributed by atoms with Crippen LogP contribution in [0.15, 0.2) is 35.2 Å². The van der Waals surface area contributed by atoms with Crippen molar-refractivity contribution in [3.8, 4) is 5.75 Å². The van der Waals surface area contributed by atoms with Gasteiger partial charge in [-0.1, -0.05) is 28.9 Å². The molecular formula is C15H17BrN2O2. The number of hydrogen-bond donors (Lipinski definition) is 1. The molecule has 106 valence electrons. The first-order valence-corrected chi connectivity index (χ1v) is 7.62. The minimum Gasteiger partial charge on any atom is -0.484 e. The summed E-state index contributed by atoms with van der Waals surface area (Å²) < 4.78 is 9.11. The number of hydrogen-bond acceptors (Lipinski definition) is 3. The third kappa shape index (κ3) is 2.47. The van der Waals surface area contributed by atoms with Gasteiger partial charge in [-0.3, -0.25) is 0 Å². The van der Waals surface area contributed by atoms with Gasteiger partial charge in [0.1, 0.15) is 11.9 Å². The van der Waals surface area contributed by atoms with E-state index in [2.05, 4.69) is 32.4 Å². The molecule has 0 fully saturated rings. The van der Waals surface area contributed by atoms with Crippen LogP contribution in [0, 0.1) is 0 Å². The van der Waals surface area contributed by atoms with Crippen molar-refractivity contribution in [1.29, 1.82) is 0 Å². The number of ether oxygens (including phenoxy) is 1. The average Bonchev–Trinajstić information content (AvgIpc) is 2.86. The SMILES string of the molecule is CCCn1cncc1C1CC(O)c2ccc(Br)cc2O1. The molecule has 0 bridgehead atoms. The molecule has 0 spiro atoms. The highest BCUT2D eigenvalue weighted by molar-refractivity contribution is 9.10. The van der Waals surface area contributed by atoms with Crippen LogP contribution < -0.4 is 4.74 Å². The lowest BCUT2D eigenvalue weighted by atomic mass is 9.97. The van der Waals surface area contributed by atoms with Crippen molar-refractivity contribution in [3.63, 3.8) is 0 Å². The highest BCUT2D eigenvalue weighted by Gasteiger charge is 2.29. The summed E-state index contributed by atoms with van der Waals surface area (Å²) in [5.41, 5.74) is 1.88. The molecule has 20 heavy (non-hydrogen) atoms. The second-order valence-electron chi connectivity index (χ2n) is 5.05. The van der Waals surface area contributed by atoms with Crippen molar-refractivity contribution in [3.05, 3.63) is 46.5 Å². The number of benzene rings is 1. The molecule has 2 aromatic rings. The zero-order valence-electron chi connectivity index (χ0n) is 11.3. The molecule has 1 aliphatic rings. The Balaban J connectivity index is 1.92. The summed E-state index contributed by atoms with van der Waals surface area (Å²) in [5.74, 6) is 0.743. The molecule has 1 N–H and O–H groups in total. The molecule has 5 heteroatoms. The minimum absolute atomic E-state index is 0.152. The van der Waals surface area contributed by atoms with Crippen LogP contribution in [-0.4, -0.2) is 14.7 Å². The summed E-state index contributed by atoms with van der Waals surface area (Å²) >= 11 is 3.44. The smallest absolute Gasteiger partial charge is 0.143 e. The summed E-state index contributed by atoms with van der Waals surface area (Å²) in [6.07, 6.45) is 4.61. The van der Waals surface area contributed by atoms with Gasteiger partial charge in [0, 0.05) is 23.0 Å². The number of nitrogens with zero attached hydrogens (tertiary/aromatic N) is 2. The van der Waals surface area contributed by atoms with E-state index in [0.717, 1.165) is 34.4 Å². The van der Waals surface area contributed by atoms with E-state index < -0.39 is 6.10 Å². The molecule has 1 aromatic heterocycles. The number of fused-ring (bicyclic) bond motifs is 1. The Bertz CT molecular complexity index is 612. The third-order valence-corrected chi connectivity index (χ3v) is 4.07. The van der Waals surface area contributed by atoms with Gasteiger partial charge in [0.25, 0.3) is 0 Å². The summed E-state index contributed by atoms with van der Waals surface area (Å²) in [6.45, 7) is 3.05. The molecule has 0 aliphatic carbocycles. The zero-order chi connectivity index (χ0) is 14.1. The predicted octanol–water partition coefficient (Wildman–Crippen LogP) is 3.61. The number of rotatable bonds is 3. The average molecular weight is 337 g/mol. The predicted molar refractivity (Wildman–Crippen MR) is 79.6 cm³/mol. The first-order chi connectivity index (χ1) is 9.69. The molecule has 3 rings (SSSR count). The lowest BCUT2D eigenvalue weighted by molar-refractivity contribution is 0.0617. The van der Waals surface area contributed by atoms with Crippen LogP contribution in [0.25, 0.3) is 0 Å². The van der Waals surface area contributed by atoms with Crippen molar-refractivity contribution < 1.29 is 9.84 Å². The van der Waals surface area contributed by atoms with Crippen molar-refractivity contribution >= 4 is 15.9 Å². The Kier molecular flexibility index (Phi) is 3.81. The lowest BCUT2D eigenvalue weighted by Crippen LogP contribution is -2.21. The summed E-state index contributed by atoms with van der Waals surface area (Å²) in [4.78, 5) is 4.21. The normalized spacial score (nSPS) is 21.4. The molecule has 0 saturated heterocycles. The monoisotopic (exact) mass is 336 g/mol. The fourth-order valence-electron chi connectivity index (χ4n) is 2.62. The molecular weight excluding hydrogens is 320 g/mol. The highest BCUT2D eigenvalue weighted by Crippen LogP contribution is 2.41. The molecule has 0 amide bonds. The van der Waals surface area contributed by atoms with Gasteiger partial charge in [-0.2, -0.15) is 0 Å². The van der Waals surface area contributed by atoms with Gasteiger partial charge < -0.3 is 14.4 Å². The highest BCUT2D eigenvalue weighted by atomic mass is 79.9. The molecule has 0 radical (unpaired) electrons. The van der Waals surface area contributed by atoms with Gasteiger partial charge in [0.05, 0.1) is 24.3 Å². The maximum absolute atomic E-state index is 10.3. The maximum atomic E-state index is 10.3. The van der Waals surface area contributed by atoms with E-state index in [0.29, 0.717) is 6.42 Å². The van der Waals surface area contributed by atoms with Gasteiger partial charge in [-0.15, -0.1) is 0 Å². The van der Waals surface area contributed by atoms with Crippen LogP contribution in [0.5, 0.6) is 5.75 Å². The number of imidazole rings is 1. The third-order valence-electron chi connectivity index (χ3n) is 3.58. The summed E-state index contributed by atoms with van der Waals surface area (Å²) in [7, 11) is 0. The Morgan fingerprint density at radius 1 is 1.50 bits per heavy atom. The Morgan fingerprint density at radius 3 is 3.15 bits per heavy atom. The number of aliphatic hydroxyl groups is 1. The van der Waals surface area contributed by atoms with Gasteiger partial charge in [0.15, 0.2) is 0 Å². The molecule has 4 nitrogen and oxygen atoms in total. The second kappa shape index (κ2) is 5.58. The van der Waals surface area contributed by atoms with E-state index in [-0.39, 0.29) is 6.10 Å². The van der Waals surface area contributed by atoms with Crippen molar-refractivity contribution in [2.75, 3.05) is 0 Å². The summed E-state index contributed by atoms with van der Waals surface area (Å²) in [6, 6.07) is 5.74. The largest absolute Gasteiger partial charge is 0.484 e.